The molecule has 0 fully saturated rings. The molecule has 2 N–H and O–H groups in total. The van der Waals surface area contributed by atoms with E-state index in [0.29, 0.717) is 18.5 Å². The summed E-state index contributed by atoms with van der Waals surface area (Å²) in [7, 11) is 0. The van der Waals surface area contributed by atoms with Gasteiger partial charge in [-0.2, -0.15) is 0 Å². The van der Waals surface area contributed by atoms with Crippen molar-refractivity contribution in [2.45, 2.75) is 26.8 Å². The maximum absolute atomic E-state index is 5.19. The number of ether oxygens (including phenoxy) is 1. The highest BCUT2D eigenvalue weighted by Crippen LogP contribution is 2.12. The number of anilines is 1. The van der Waals surface area contributed by atoms with Gasteiger partial charge in [-0.15, -0.1) is 5.10 Å². The van der Waals surface area contributed by atoms with Crippen molar-refractivity contribution in [3.8, 4) is 5.88 Å². The molecule has 0 aromatic carbocycles. The lowest BCUT2D eigenvalue weighted by Gasteiger charge is -2.04. The monoisotopic (exact) mass is 169 g/mol. The second kappa shape index (κ2) is 3.99. The predicted molar refractivity (Wildman–Crippen MR) is 48.5 cm³/mol. The van der Waals surface area contributed by atoms with Gasteiger partial charge in [0.15, 0.2) is 0 Å². The van der Waals surface area contributed by atoms with Gasteiger partial charge in [0, 0.05) is 12.1 Å². The van der Waals surface area contributed by atoms with E-state index in [-0.39, 0.29) is 0 Å². The first-order chi connectivity index (χ1) is 5.72. The Bertz CT molecular complexity index is 232. The largest absolute Gasteiger partial charge is 0.477 e. The molecule has 0 bridgehead atoms. The summed E-state index contributed by atoms with van der Waals surface area (Å²) in [6, 6.07) is 2.25. The van der Waals surface area contributed by atoms with Crippen molar-refractivity contribution in [1.29, 1.82) is 0 Å². The molecule has 68 valence electrons. The van der Waals surface area contributed by atoms with Crippen LogP contribution in [0.5, 0.6) is 5.88 Å². The van der Waals surface area contributed by atoms with Crippen molar-refractivity contribution in [3.05, 3.63) is 6.07 Å². The Morgan fingerprint density at radius 2 is 2.42 bits per heavy atom. The Labute approximate surface area is 72.3 Å². The van der Waals surface area contributed by atoms with Crippen LogP contribution in [0.2, 0.25) is 0 Å². The van der Waals surface area contributed by atoms with E-state index in [1.807, 2.05) is 13.0 Å². The van der Waals surface area contributed by atoms with E-state index in [2.05, 4.69) is 29.4 Å². The van der Waals surface area contributed by atoms with Crippen LogP contribution in [0.15, 0.2) is 6.07 Å². The molecule has 12 heavy (non-hydrogen) atoms. The second-order valence-corrected chi connectivity index (χ2v) is 2.85. The van der Waals surface area contributed by atoms with Crippen LogP contribution in [0, 0.1) is 0 Å². The molecule has 1 aromatic heterocycles. The summed E-state index contributed by atoms with van der Waals surface area (Å²) in [5, 5.41) is 9.97. The topological polar surface area (TPSA) is 49.9 Å². The molecule has 0 spiro atoms. The number of hydrogen-bond acceptors (Lipinski definition) is 3. The first-order valence-corrected chi connectivity index (χ1v) is 4.17. The molecule has 0 unspecified atom stereocenters. The molecule has 0 atom stereocenters. The molecule has 4 nitrogen and oxygen atoms in total. The van der Waals surface area contributed by atoms with Crippen molar-refractivity contribution >= 4 is 5.82 Å². The van der Waals surface area contributed by atoms with E-state index in [0.717, 1.165) is 5.82 Å². The van der Waals surface area contributed by atoms with Gasteiger partial charge in [-0.3, -0.25) is 5.10 Å². The second-order valence-electron chi connectivity index (χ2n) is 2.85. The van der Waals surface area contributed by atoms with Crippen molar-refractivity contribution in [2.75, 3.05) is 11.9 Å². The minimum atomic E-state index is 0.403. The van der Waals surface area contributed by atoms with Gasteiger partial charge in [0.1, 0.15) is 5.82 Å². The van der Waals surface area contributed by atoms with E-state index < -0.39 is 0 Å². The molecule has 0 saturated heterocycles. The first kappa shape index (κ1) is 8.90. The zero-order valence-electron chi connectivity index (χ0n) is 7.72. The smallest absolute Gasteiger partial charge is 0.234 e. The van der Waals surface area contributed by atoms with E-state index in [1.54, 1.807) is 0 Å². The van der Waals surface area contributed by atoms with E-state index in [4.69, 9.17) is 4.74 Å². The third-order valence-electron chi connectivity index (χ3n) is 1.29. The molecule has 1 aromatic rings. The van der Waals surface area contributed by atoms with E-state index >= 15 is 0 Å². The third kappa shape index (κ3) is 2.45. The molecular weight excluding hydrogens is 154 g/mol. The van der Waals surface area contributed by atoms with Gasteiger partial charge in [0.05, 0.1) is 6.61 Å². The van der Waals surface area contributed by atoms with Gasteiger partial charge in [-0.1, -0.05) is 0 Å². The first-order valence-electron chi connectivity index (χ1n) is 4.17. The molecule has 1 heterocycles. The van der Waals surface area contributed by atoms with Crippen LogP contribution in [0.3, 0.4) is 0 Å². The number of nitrogens with one attached hydrogen (secondary N) is 2. The number of aromatic nitrogens is 2. The van der Waals surface area contributed by atoms with Crippen molar-refractivity contribution in [2.24, 2.45) is 0 Å². The quantitative estimate of drug-likeness (QED) is 0.720. The summed E-state index contributed by atoms with van der Waals surface area (Å²) >= 11 is 0. The minimum absolute atomic E-state index is 0.403. The van der Waals surface area contributed by atoms with Crippen LogP contribution in [-0.4, -0.2) is 22.8 Å². The average Bonchev–Trinajstić information content (AvgIpc) is 2.36. The third-order valence-corrected chi connectivity index (χ3v) is 1.29. The molecule has 0 amide bonds. The Morgan fingerprint density at radius 1 is 1.67 bits per heavy atom. The molecule has 1 rings (SSSR count). The SMILES string of the molecule is CCOc1cc(NC(C)C)[nH]n1. The van der Waals surface area contributed by atoms with E-state index in [1.165, 1.54) is 0 Å². The predicted octanol–water partition coefficient (Wildman–Crippen LogP) is 1.63. The van der Waals surface area contributed by atoms with Crippen LogP contribution >= 0.6 is 0 Å². The molecule has 4 heteroatoms. The van der Waals surface area contributed by atoms with Crippen LogP contribution in [-0.2, 0) is 0 Å². The van der Waals surface area contributed by atoms with Crippen LogP contribution < -0.4 is 10.1 Å². The summed E-state index contributed by atoms with van der Waals surface area (Å²) in [6.45, 7) is 6.72. The molecule has 0 radical (unpaired) electrons. The lowest BCUT2D eigenvalue weighted by molar-refractivity contribution is 0.326. The number of rotatable bonds is 4. The lowest BCUT2D eigenvalue weighted by Crippen LogP contribution is -2.09. The molecule has 0 aliphatic carbocycles. The van der Waals surface area contributed by atoms with Crippen molar-refractivity contribution in [1.82, 2.24) is 10.2 Å². The fourth-order valence-corrected chi connectivity index (χ4v) is 0.910. The summed E-state index contributed by atoms with van der Waals surface area (Å²) < 4.78 is 5.19. The average molecular weight is 169 g/mol. The number of aromatic amines is 1. The van der Waals surface area contributed by atoms with Crippen LogP contribution in [0.4, 0.5) is 5.82 Å². The molecule has 0 saturated carbocycles. The van der Waals surface area contributed by atoms with Gasteiger partial charge in [-0.25, -0.2) is 0 Å². The zero-order valence-corrected chi connectivity index (χ0v) is 7.72. The van der Waals surface area contributed by atoms with Gasteiger partial charge < -0.3 is 10.1 Å². The van der Waals surface area contributed by atoms with Gasteiger partial charge >= 0.3 is 0 Å². The summed E-state index contributed by atoms with van der Waals surface area (Å²) in [4.78, 5) is 0. The fraction of sp³-hybridized carbons (Fsp3) is 0.625. The van der Waals surface area contributed by atoms with Gasteiger partial charge in [0.2, 0.25) is 5.88 Å². The highest BCUT2D eigenvalue weighted by Gasteiger charge is 2.00. The number of H-pyrrole nitrogens is 1. The number of hydrogen-bond donors (Lipinski definition) is 2. The molecule has 0 aliphatic heterocycles. The lowest BCUT2D eigenvalue weighted by atomic mass is 10.4. The van der Waals surface area contributed by atoms with Gasteiger partial charge in [-0.05, 0) is 20.8 Å². The summed E-state index contributed by atoms with van der Waals surface area (Å²) in [5.74, 6) is 1.54. The minimum Gasteiger partial charge on any atom is -0.477 e. The number of nitrogens with zero attached hydrogens (tertiary/aromatic N) is 1. The molecule has 0 aliphatic rings. The van der Waals surface area contributed by atoms with E-state index in [9.17, 15) is 0 Å². The highest BCUT2D eigenvalue weighted by molar-refractivity contribution is 5.38. The van der Waals surface area contributed by atoms with Gasteiger partial charge in [0.25, 0.3) is 0 Å². The Hall–Kier alpha value is -1.19. The van der Waals surface area contributed by atoms with Crippen LogP contribution in [0.25, 0.3) is 0 Å². The Balaban J connectivity index is 2.52. The zero-order chi connectivity index (χ0) is 8.97. The summed E-state index contributed by atoms with van der Waals surface area (Å²) in [5.41, 5.74) is 0. The standard InChI is InChI=1S/C8H15N3O/c1-4-12-8-5-7(10-11-8)9-6(2)3/h5-6H,4H2,1-3H3,(H2,9,10,11). The Morgan fingerprint density at radius 3 is 3.00 bits per heavy atom. The molecular formula is C8H15N3O. The highest BCUT2D eigenvalue weighted by atomic mass is 16.5. The van der Waals surface area contributed by atoms with Crippen LogP contribution in [0.1, 0.15) is 20.8 Å². The normalized spacial score (nSPS) is 10.3. The Kier molecular flexibility index (Phi) is 2.96. The van der Waals surface area contributed by atoms with Crippen molar-refractivity contribution < 1.29 is 4.74 Å². The fourth-order valence-electron chi connectivity index (χ4n) is 0.910. The van der Waals surface area contributed by atoms with Crippen molar-refractivity contribution in [3.63, 3.8) is 0 Å². The maximum atomic E-state index is 5.19. The summed E-state index contributed by atoms with van der Waals surface area (Å²) in [6.07, 6.45) is 0. The maximum Gasteiger partial charge on any atom is 0.234 e.